The first kappa shape index (κ1) is 28.1. The second kappa shape index (κ2) is 12.7. The number of aromatic nitrogens is 1. The van der Waals surface area contributed by atoms with Gasteiger partial charge in [0.25, 0.3) is 5.89 Å². The lowest BCUT2D eigenvalue weighted by molar-refractivity contribution is -0.123. The molecule has 2 heterocycles. The summed E-state index contributed by atoms with van der Waals surface area (Å²) in [5.74, 6) is -0.120. The highest BCUT2D eigenvalue weighted by molar-refractivity contribution is 7.89. The van der Waals surface area contributed by atoms with Gasteiger partial charge in [-0.2, -0.15) is 0 Å². The summed E-state index contributed by atoms with van der Waals surface area (Å²) in [6.07, 6.45) is 10.5. The Morgan fingerprint density at radius 3 is 2.50 bits per heavy atom. The summed E-state index contributed by atoms with van der Waals surface area (Å²) in [7, 11) is -3.59. The Balaban J connectivity index is 1.55. The van der Waals surface area contributed by atoms with Gasteiger partial charge in [-0.05, 0) is 50.2 Å². The van der Waals surface area contributed by atoms with Crippen LogP contribution in [0.25, 0.3) is 11.1 Å². The van der Waals surface area contributed by atoms with E-state index in [9.17, 15) is 18.0 Å². The highest BCUT2D eigenvalue weighted by atomic mass is 32.2. The largest absolute Gasteiger partial charge is 0.434 e. The number of Topliss-reactive ketones (excluding diaryl/α,β-unsaturated/α-hetero) is 1. The van der Waals surface area contributed by atoms with Crippen LogP contribution in [0.3, 0.4) is 0 Å². The molecule has 10 nitrogen and oxygen atoms in total. The number of hydrogen-bond donors (Lipinski definition) is 2. The van der Waals surface area contributed by atoms with E-state index in [1.165, 1.54) is 19.3 Å². The van der Waals surface area contributed by atoms with Gasteiger partial charge in [0.05, 0.1) is 12.3 Å². The third-order valence-corrected chi connectivity index (χ3v) is 7.94. The van der Waals surface area contributed by atoms with Gasteiger partial charge in [0.1, 0.15) is 11.6 Å². The fourth-order valence-corrected chi connectivity index (χ4v) is 5.80. The van der Waals surface area contributed by atoms with E-state index in [1.807, 2.05) is 17.9 Å². The van der Waals surface area contributed by atoms with Crippen LogP contribution in [0.1, 0.15) is 81.8 Å². The molecule has 38 heavy (non-hydrogen) atoms. The molecule has 1 aliphatic carbocycles. The van der Waals surface area contributed by atoms with Crippen molar-refractivity contribution in [2.45, 2.75) is 83.2 Å². The predicted octanol–water partition coefficient (Wildman–Crippen LogP) is 3.64. The number of amides is 1. The van der Waals surface area contributed by atoms with E-state index in [2.05, 4.69) is 20.0 Å². The molecule has 2 atom stereocenters. The van der Waals surface area contributed by atoms with Crippen LogP contribution in [-0.4, -0.2) is 67.4 Å². The first-order valence-corrected chi connectivity index (χ1v) is 15.6. The summed E-state index contributed by atoms with van der Waals surface area (Å²) in [6, 6.07) is 5.46. The van der Waals surface area contributed by atoms with Gasteiger partial charge in [-0.1, -0.05) is 51.2 Å². The van der Waals surface area contributed by atoms with Gasteiger partial charge in [0, 0.05) is 13.1 Å². The van der Waals surface area contributed by atoms with Crippen LogP contribution in [-0.2, 0) is 14.8 Å². The first-order chi connectivity index (χ1) is 18.2. The van der Waals surface area contributed by atoms with Gasteiger partial charge >= 0.3 is 0 Å². The van der Waals surface area contributed by atoms with Gasteiger partial charge in [0.15, 0.2) is 5.58 Å². The Kier molecular flexibility index (Phi) is 9.40. The molecule has 1 amide bonds. The summed E-state index contributed by atoms with van der Waals surface area (Å²) in [6.45, 7) is 3.16. The second-order valence-corrected chi connectivity index (χ2v) is 12.2. The number of rotatable bonds is 10. The quantitative estimate of drug-likeness (QED) is 0.264. The number of hydrogen-bond acceptors (Lipinski definition) is 7. The van der Waals surface area contributed by atoms with E-state index in [-0.39, 0.29) is 11.9 Å². The van der Waals surface area contributed by atoms with Crippen molar-refractivity contribution in [3.05, 3.63) is 30.2 Å². The minimum Gasteiger partial charge on any atom is -0.434 e. The molecule has 1 aliphatic heterocycles. The van der Waals surface area contributed by atoms with Crippen LogP contribution in [0.5, 0.6) is 0 Å². The molecule has 2 N–H and O–H groups in total. The fourth-order valence-electron chi connectivity index (χ4n) is 5.29. The monoisotopic (exact) mass is 545 g/mol. The number of nitrogens with one attached hydrogen (secondary N) is 2. The Hall–Kier alpha value is -2.95. The molecule has 2 fully saturated rings. The number of benzene rings is 1. The van der Waals surface area contributed by atoms with E-state index in [0.717, 1.165) is 38.4 Å². The van der Waals surface area contributed by atoms with Crippen molar-refractivity contribution in [1.82, 2.24) is 19.9 Å². The van der Waals surface area contributed by atoms with Crippen molar-refractivity contribution in [2.75, 3.05) is 19.3 Å². The van der Waals surface area contributed by atoms with E-state index < -0.39 is 33.8 Å². The number of oxazole rings is 1. The molecule has 11 heteroatoms. The number of fused-ring (bicyclic) bond motifs is 1. The van der Waals surface area contributed by atoms with Crippen LogP contribution in [0.15, 0.2) is 33.7 Å². The number of sulfonamides is 1. The normalized spacial score (nSPS) is 18.9. The maximum atomic E-state index is 13.6. The minimum atomic E-state index is -3.59. The Bertz CT molecular complexity index is 1210. The molecule has 1 saturated carbocycles. The first-order valence-electron chi connectivity index (χ1n) is 13.7. The molecule has 1 unspecified atom stereocenters. The summed E-state index contributed by atoms with van der Waals surface area (Å²) >= 11 is 0. The zero-order chi connectivity index (χ0) is 27.1. The molecular formula is C27H39N5O5S. The molecule has 208 valence electrons. The van der Waals surface area contributed by atoms with Crippen molar-refractivity contribution in [2.24, 2.45) is 10.9 Å². The summed E-state index contributed by atoms with van der Waals surface area (Å²) < 4.78 is 32.4. The Labute approximate surface area is 224 Å². The SMILES string of the molecule is CCC(NC(=O)[C@H](CCC1CCCCC1)N=C(NS(C)(=O)=O)N1CCCC1)C(=O)c1nc2ccccc2o1. The lowest BCUT2D eigenvalue weighted by Crippen LogP contribution is -2.47. The van der Waals surface area contributed by atoms with E-state index in [0.29, 0.717) is 42.9 Å². The summed E-state index contributed by atoms with van der Waals surface area (Å²) in [5, 5.41) is 2.86. The minimum absolute atomic E-state index is 0.0443. The van der Waals surface area contributed by atoms with Crippen LogP contribution in [0.2, 0.25) is 0 Å². The van der Waals surface area contributed by atoms with Crippen LogP contribution in [0, 0.1) is 5.92 Å². The molecule has 1 aromatic heterocycles. The highest BCUT2D eigenvalue weighted by Gasteiger charge is 2.30. The maximum absolute atomic E-state index is 13.6. The number of carbonyl (C=O) groups excluding carboxylic acids is 2. The van der Waals surface area contributed by atoms with Gasteiger partial charge in [-0.25, -0.2) is 18.4 Å². The zero-order valence-corrected chi connectivity index (χ0v) is 23.1. The molecule has 2 aliphatic rings. The lowest BCUT2D eigenvalue weighted by atomic mass is 9.85. The lowest BCUT2D eigenvalue weighted by Gasteiger charge is -2.26. The second-order valence-electron chi connectivity index (χ2n) is 10.4. The summed E-state index contributed by atoms with van der Waals surface area (Å²) in [4.78, 5) is 37.7. The zero-order valence-electron chi connectivity index (χ0n) is 22.3. The third kappa shape index (κ3) is 7.55. The van der Waals surface area contributed by atoms with Crippen LogP contribution >= 0.6 is 0 Å². The Morgan fingerprint density at radius 2 is 1.84 bits per heavy atom. The molecule has 2 aromatic rings. The number of aliphatic imine (C=N–C) groups is 1. The molecule has 0 spiro atoms. The van der Waals surface area contributed by atoms with Gasteiger partial charge in [0.2, 0.25) is 27.7 Å². The van der Waals surface area contributed by atoms with Gasteiger partial charge < -0.3 is 14.6 Å². The van der Waals surface area contributed by atoms with Crippen molar-refractivity contribution < 1.29 is 22.4 Å². The third-order valence-electron chi connectivity index (χ3n) is 7.38. The standard InChI is InChI=1S/C27H39N5O5S/c1-3-20(24(33)26-29-21-13-7-8-14-23(21)37-26)28-25(34)22(16-15-19-11-5-4-6-12-19)30-27(31-38(2,35)36)32-17-9-10-18-32/h7-8,13-14,19-20,22H,3-6,9-12,15-18H2,1-2H3,(H,28,34)(H,30,31)/t20?,22-/m0/s1. The summed E-state index contributed by atoms with van der Waals surface area (Å²) in [5.41, 5.74) is 1.09. The highest BCUT2D eigenvalue weighted by Crippen LogP contribution is 2.28. The smallest absolute Gasteiger partial charge is 0.266 e. The molecule has 4 rings (SSSR count). The molecule has 1 saturated heterocycles. The number of likely N-dealkylation sites (tertiary alicyclic amines) is 1. The van der Waals surface area contributed by atoms with Crippen molar-refractivity contribution >= 4 is 38.8 Å². The predicted molar refractivity (Wildman–Crippen MR) is 146 cm³/mol. The van der Waals surface area contributed by atoms with E-state index >= 15 is 0 Å². The Morgan fingerprint density at radius 1 is 1.13 bits per heavy atom. The average molecular weight is 546 g/mol. The topological polar surface area (TPSA) is 134 Å². The van der Waals surface area contributed by atoms with Crippen molar-refractivity contribution in [1.29, 1.82) is 0 Å². The van der Waals surface area contributed by atoms with Crippen molar-refractivity contribution in [3.8, 4) is 0 Å². The van der Waals surface area contributed by atoms with Gasteiger partial charge in [-0.15, -0.1) is 0 Å². The fraction of sp³-hybridized carbons (Fsp3) is 0.630. The van der Waals surface area contributed by atoms with Crippen LogP contribution in [0.4, 0.5) is 0 Å². The maximum Gasteiger partial charge on any atom is 0.266 e. The van der Waals surface area contributed by atoms with Crippen LogP contribution < -0.4 is 10.0 Å². The molecule has 0 bridgehead atoms. The number of carbonyl (C=O) groups is 2. The molecule has 1 aromatic carbocycles. The van der Waals surface area contributed by atoms with E-state index in [4.69, 9.17) is 4.42 Å². The van der Waals surface area contributed by atoms with Crippen molar-refractivity contribution in [3.63, 3.8) is 0 Å². The molecule has 0 radical (unpaired) electrons. The molecular weight excluding hydrogens is 506 g/mol. The van der Waals surface area contributed by atoms with E-state index in [1.54, 1.807) is 18.2 Å². The number of guanidine groups is 1. The number of nitrogens with zero attached hydrogens (tertiary/aromatic N) is 3. The number of ketones is 1. The number of para-hydroxylation sites is 2. The van der Waals surface area contributed by atoms with Gasteiger partial charge in [-0.3, -0.25) is 14.3 Å². The average Bonchev–Trinajstić information content (AvgIpc) is 3.59.